The number of imide groups is 1. The highest BCUT2D eigenvalue weighted by Crippen LogP contribution is 2.22. The first-order chi connectivity index (χ1) is 10.8. The highest BCUT2D eigenvalue weighted by molar-refractivity contribution is 6.06. The van der Waals surface area contributed by atoms with Crippen molar-refractivity contribution in [2.24, 2.45) is 0 Å². The number of aliphatic hydroxyl groups is 1. The molecule has 0 radical (unpaired) electrons. The van der Waals surface area contributed by atoms with Crippen LogP contribution in [-0.2, 0) is 4.79 Å². The summed E-state index contributed by atoms with van der Waals surface area (Å²) >= 11 is 0. The van der Waals surface area contributed by atoms with E-state index in [9.17, 15) is 14.7 Å². The second-order valence-corrected chi connectivity index (χ2v) is 6.27. The molecule has 0 aliphatic carbocycles. The monoisotopic (exact) mass is 320 g/mol. The van der Waals surface area contributed by atoms with Crippen molar-refractivity contribution >= 4 is 11.9 Å². The fraction of sp³-hybridized carbons (Fsp3) is 0.529. The van der Waals surface area contributed by atoms with E-state index in [1.54, 1.807) is 6.92 Å². The molecule has 0 bridgehead atoms. The lowest BCUT2D eigenvalue weighted by atomic mass is 9.99. The maximum Gasteiger partial charge on any atom is 0.325 e. The minimum atomic E-state index is -0.941. The zero-order valence-corrected chi connectivity index (χ0v) is 14.0. The second kappa shape index (κ2) is 6.58. The molecule has 1 heterocycles. The SMILES string of the molecule is CC[C@]1(C)NC(=O)N(C[C@@H](O)COc2cc(C)ccc2C)C1=O. The normalized spacial score (nSPS) is 22.2. The maximum atomic E-state index is 12.3. The first-order valence-corrected chi connectivity index (χ1v) is 7.79. The van der Waals surface area contributed by atoms with E-state index in [0.717, 1.165) is 16.0 Å². The Balaban J connectivity index is 1.95. The highest BCUT2D eigenvalue weighted by atomic mass is 16.5. The van der Waals surface area contributed by atoms with Crippen molar-refractivity contribution in [3.05, 3.63) is 29.3 Å². The first kappa shape index (κ1) is 17.3. The number of benzene rings is 1. The minimum Gasteiger partial charge on any atom is -0.491 e. The molecule has 1 aliphatic rings. The number of nitrogens with zero attached hydrogens (tertiary/aromatic N) is 1. The van der Waals surface area contributed by atoms with Gasteiger partial charge < -0.3 is 15.2 Å². The Hall–Kier alpha value is -2.08. The van der Waals surface area contributed by atoms with Crippen LogP contribution in [0.4, 0.5) is 4.79 Å². The molecule has 1 aromatic rings. The molecule has 1 saturated heterocycles. The summed E-state index contributed by atoms with van der Waals surface area (Å²) in [4.78, 5) is 25.2. The van der Waals surface area contributed by atoms with Crippen LogP contribution in [0.3, 0.4) is 0 Å². The van der Waals surface area contributed by atoms with E-state index in [2.05, 4.69) is 5.32 Å². The van der Waals surface area contributed by atoms with Crippen LogP contribution in [0.1, 0.15) is 31.4 Å². The van der Waals surface area contributed by atoms with Crippen LogP contribution in [0.5, 0.6) is 5.75 Å². The lowest BCUT2D eigenvalue weighted by Crippen LogP contribution is -2.44. The zero-order chi connectivity index (χ0) is 17.2. The van der Waals surface area contributed by atoms with Gasteiger partial charge in [0.05, 0.1) is 6.54 Å². The van der Waals surface area contributed by atoms with Gasteiger partial charge in [-0.05, 0) is 44.4 Å². The number of rotatable bonds is 6. The molecule has 0 spiro atoms. The van der Waals surface area contributed by atoms with E-state index < -0.39 is 17.7 Å². The van der Waals surface area contributed by atoms with E-state index in [1.807, 2.05) is 39.0 Å². The predicted octanol–water partition coefficient (Wildman–Crippen LogP) is 1.76. The molecule has 126 valence electrons. The zero-order valence-electron chi connectivity index (χ0n) is 14.0. The van der Waals surface area contributed by atoms with E-state index in [-0.39, 0.29) is 19.1 Å². The molecule has 1 aliphatic heterocycles. The van der Waals surface area contributed by atoms with Crippen LogP contribution in [0.2, 0.25) is 0 Å². The number of amides is 3. The van der Waals surface area contributed by atoms with Gasteiger partial charge in [0.25, 0.3) is 5.91 Å². The number of urea groups is 1. The fourth-order valence-corrected chi connectivity index (χ4v) is 2.46. The third-order valence-electron chi connectivity index (χ3n) is 4.22. The predicted molar refractivity (Wildman–Crippen MR) is 86.4 cm³/mol. The molecule has 0 unspecified atom stereocenters. The van der Waals surface area contributed by atoms with Crippen LogP contribution in [0.15, 0.2) is 18.2 Å². The van der Waals surface area contributed by atoms with Gasteiger partial charge in [-0.3, -0.25) is 9.69 Å². The van der Waals surface area contributed by atoms with E-state index in [0.29, 0.717) is 12.2 Å². The average molecular weight is 320 g/mol. The average Bonchev–Trinajstić information content (AvgIpc) is 2.72. The van der Waals surface area contributed by atoms with Crippen molar-refractivity contribution in [1.29, 1.82) is 0 Å². The largest absolute Gasteiger partial charge is 0.491 e. The quantitative estimate of drug-likeness (QED) is 0.783. The Labute approximate surface area is 136 Å². The third-order valence-corrected chi connectivity index (χ3v) is 4.22. The van der Waals surface area contributed by atoms with Crippen molar-refractivity contribution < 1.29 is 19.4 Å². The van der Waals surface area contributed by atoms with E-state index in [1.165, 1.54) is 0 Å². The topological polar surface area (TPSA) is 78.9 Å². The molecule has 23 heavy (non-hydrogen) atoms. The summed E-state index contributed by atoms with van der Waals surface area (Å²) in [7, 11) is 0. The highest BCUT2D eigenvalue weighted by Gasteiger charge is 2.46. The van der Waals surface area contributed by atoms with Crippen molar-refractivity contribution in [2.45, 2.75) is 45.8 Å². The van der Waals surface area contributed by atoms with Crippen LogP contribution in [-0.4, -0.2) is 46.7 Å². The van der Waals surface area contributed by atoms with Gasteiger partial charge in [0.1, 0.15) is 24.0 Å². The summed E-state index contributed by atoms with van der Waals surface area (Å²) in [6.45, 7) is 7.34. The summed E-state index contributed by atoms with van der Waals surface area (Å²) < 4.78 is 5.62. The van der Waals surface area contributed by atoms with Gasteiger partial charge in [-0.1, -0.05) is 19.1 Å². The number of carbonyl (C=O) groups is 2. The Bertz CT molecular complexity index is 617. The van der Waals surface area contributed by atoms with E-state index in [4.69, 9.17) is 4.74 Å². The van der Waals surface area contributed by atoms with Gasteiger partial charge in [0.2, 0.25) is 0 Å². The number of hydrogen-bond acceptors (Lipinski definition) is 4. The van der Waals surface area contributed by atoms with Gasteiger partial charge in [0.15, 0.2) is 0 Å². The summed E-state index contributed by atoms with van der Waals surface area (Å²) in [6, 6.07) is 5.35. The minimum absolute atomic E-state index is 0.0180. The van der Waals surface area contributed by atoms with Crippen LogP contribution in [0, 0.1) is 13.8 Å². The molecule has 2 N–H and O–H groups in total. The van der Waals surface area contributed by atoms with Crippen LogP contribution in [0.25, 0.3) is 0 Å². The molecule has 2 atom stereocenters. The first-order valence-electron chi connectivity index (χ1n) is 7.79. The molecule has 2 rings (SSSR count). The second-order valence-electron chi connectivity index (χ2n) is 6.27. The summed E-state index contributed by atoms with van der Waals surface area (Å²) in [5.41, 5.74) is 1.15. The van der Waals surface area contributed by atoms with Gasteiger partial charge in [-0.2, -0.15) is 0 Å². The standard InChI is InChI=1S/C17H24N2O4/c1-5-17(4)15(21)19(16(22)18-17)9-13(20)10-23-14-8-11(2)6-7-12(14)3/h6-8,13,20H,5,9-10H2,1-4H3,(H,18,22)/t13-,17+/m1/s1. The van der Waals surface area contributed by atoms with Crippen molar-refractivity contribution in [3.63, 3.8) is 0 Å². The van der Waals surface area contributed by atoms with E-state index >= 15 is 0 Å². The number of β-amino-alcohol motifs (C(OH)–C–C–N with tert-alkyl or cyclic N) is 1. The summed E-state index contributed by atoms with van der Waals surface area (Å²) in [5.74, 6) is 0.385. The summed E-state index contributed by atoms with van der Waals surface area (Å²) in [5, 5.41) is 12.8. The van der Waals surface area contributed by atoms with Gasteiger partial charge in [-0.25, -0.2) is 4.79 Å². The smallest absolute Gasteiger partial charge is 0.325 e. The molecule has 6 heteroatoms. The number of nitrogens with one attached hydrogen (secondary N) is 1. The lowest BCUT2D eigenvalue weighted by molar-refractivity contribution is -0.132. The van der Waals surface area contributed by atoms with Gasteiger partial charge >= 0.3 is 6.03 Å². The third kappa shape index (κ3) is 3.64. The molecule has 0 saturated carbocycles. The molecular weight excluding hydrogens is 296 g/mol. The number of hydrogen-bond donors (Lipinski definition) is 2. The Morgan fingerprint density at radius 3 is 2.65 bits per heavy atom. The van der Waals surface area contributed by atoms with Crippen molar-refractivity contribution in [3.8, 4) is 5.75 Å². The Kier molecular flexibility index (Phi) is 4.94. The molecular formula is C17H24N2O4. The lowest BCUT2D eigenvalue weighted by Gasteiger charge is -2.21. The Morgan fingerprint density at radius 1 is 1.35 bits per heavy atom. The van der Waals surface area contributed by atoms with Crippen molar-refractivity contribution in [2.75, 3.05) is 13.2 Å². The molecule has 1 aromatic carbocycles. The van der Waals surface area contributed by atoms with Crippen LogP contribution >= 0.6 is 0 Å². The number of aryl methyl sites for hydroxylation is 2. The maximum absolute atomic E-state index is 12.3. The molecule has 3 amide bonds. The van der Waals surface area contributed by atoms with Crippen LogP contribution < -0.4 is 10.1 Å². The molecule has 0 aromatic heterocycles. The number of carbonyl (C=O) groups excluding carboxylic acids is 2. The number of ether oxygens (including phenoxy) is 1. The van der Waals surface area contributed by atoms with Gasteiger partial charge in [-0.15, -0.1) is 0 Å². The fourth-order valence-electron chi connectivity index (χ4n) is 2.46. The molecule has 6 nitrogen and oxygen atoms in total. The van der Waals surface area contributed by atoms with Gasteiger partial charge in [0, 0.05) is 0 Å². The molecule has 1 fully saturated rings. The number of aliphatic hydroxyl groups excluding tert-OH is 1. The van der Waals surface area contributed by atoms with Crippen molar-refractivity contribution in [1.82, 2.24) is 10.2 Å². The summed E-state index contributed by atoms with van der Waals surface area (Å²) in [6.07, 6.45) is -0.438. The Morgan fingerprint density at radius 2 is 2.04 bits per heavy atom.